The molecular formula is C16H25BrN2. The molecular weight excluding hydrogens is 300 g/mol. The highest BCUT2D eigenvalue weighted by Crippen LogP contribution is 2.32. The van der Waals surface area contributed by atoms with E-state index < -0.39 is 0 Å². The SMILES string of the molecule is CCC(c1ccc(Br)cc1)N1CCCCC1CCN. The van der Waals surface area contributed by atoms with Crippen LogP contribution in [0.4, 0.5) is 0 Å². The molecule has 0 radical (unpaired) electrons. The van der Waals surface area contributed by atoms with Gasteiger partial charge in [0, 0.05) is 16.6 Å². The molecule has 1 fully saturated rings. The molecule has 19 heavy (non-hydrogen) atoms. The first-order valence-corrected chi connectivity index (χ1v) is 8.26. The molecule has 0 saturated carbocycles. The number of rotatable bonds is 5. The van der Waals surface area contributed by atoms with Crippen LogP contribution in [0.3, 0.4) is 0 Å². The normalized spacial score (nSPS) is 22.4. The van der Waals surface area contributed by atoms with Crippen molar-refractivity contribution >= 4 is 15.9 Å². The number of hydrogen-bond donors (Lipinski definition) is 1. The van der Waals surface area contributed by atoms with Crippen molar-refractivity contribution in [2.45, 2.75) is 51.1 Å². The van der Waals surface area contributed by atoms with E-state index in [-0.39, 0.29) is 0 Å². The van der Waals surface area contributed by atoms with Gasteiger partial charge in [-0.1, -0.05) is 41.4 Å². The fourth-order valence-corrected chi connectivity index (χ4v) is 3.55. The molecule has 0 spiro atoms. The zero-order valence-corrected chi connectivity index (χ0v) is 13.4. The summed E-state index contributed by atoms with van der Waals surface area (Å²) in [6.07, 6.45) is 6.30. The van der Waals surface area contributed by atoms with Crippen LogP contribution in [0.1, 0.15) is 50.6 Å². The average molecular weight is 325 g/mol. The highest BCUT2D eigenvalue weighted by atomic mass is 79.9. The van der Waals surface area contributed by atoms with Gasteiger partial charge in [-0.25, -0.2) is 0 Å². The van der Waals surface area contributed by atoms with E-state index in [1.54, 1.807) is 0 Å². The van der Waals surface area contributed by atoms with Crippen LogP contribution < -0.4 is 5.73 Å². The van der Waals surface area contributed by atoms with Gasteiger partial charge < -0.3 is 5.73 Å². The minimum atomic E-state index is 0.546. The number of hydrogen-bond acceptors (Lipinski definition) is 2. The Labute approximate surface area is 125 Å². The van der Waals surface area contributed by atoms with E-state index in [0.29, 0.717) is 12.1 Å². The molecule has 1 saturated heterocycles. The van der Waals surface area contributed by atoms with E-state index in [0.717, 1.165) is 17.4 Å². The van der Waals surface area contributed by atoms with Crippen LogP contribution in [0.5, 0.6) is 0 Å². The van der Waals surface area contributed by atoms with Crippen molar-refractivity contribution in [3.05, 3.63) is 34.3 Å². The summed E-state index contributed by atoms with van der Waals surface area (Å²) in [6, 6.07) is 10.0. The lowest BCUT2D eigenvalue weighted by atomic mass is 9.93. The van der Waals surface area contributed by atoms with E-state index in [2.05, 4.69) is 52.0 Å². The molecule has 2 rings (SSSR count). The predicted octanol–water partition coefficient (Wildman–Crippen LogP) is 4.10. The molecule has 0 aliphatic carbocycles. The van der Waals surface area contributed by atoms with Gasteiger partial charge >= 0.3 is 0 Å². The largest absolute Gasteiger partial charge is 0.330 e. The maximum Gasteiger partial charge on any atom is 0.0348 e. The Morgan fingerprint density at radius 3 is 2.68 bits per heavy atom. The summed E-state index contributed by atoms with van der Waals surface area (Å²) in [5.41, 5.74) is 7.23. The number of halogens is 1. The van der Waals surface area contributed by atoms with Crippen molar-refractivity contribution in [2.75, 3.05) is 13.1 Å². The van der Waals surface area contributed by atoms with Crippen LogP contribution in [-0.2, 0) is 0 Å². The van der Waals surface area contributed by atoms with Crippen LogP contribution in [0, 0.1) is 0 Å². The standard InChI is InChI=1S/C16H25BrN2/c1-2-16(13-6-8-14(17)9-7-13)19-12-4-3-5-15(19)10-11-18/h6-9,15-16H,2-5,10-12,18H2,1H3. The molecule has 2 nitrogen and oxygen atoms in total. The second-order valence-electron chi connectivity index (χ2n) is 5.44. The molecule has 1 heterocycles. The molecule has 2 N–H and O–H groups in total. The van der Waals surface area contributed by atoms with Crippen molar-refractivity contribution in [1.29, 1.82) is 0 Å². The highest BCUT2D eigenvalue weighted by molar-refractivity contribution is 9.10. The van der Waals surface area contributed by atoms with Crippen molar-refractivity contribution in [3.8, 4) is 0 Å². The third kappa shape index (κ3) is 3.80. The van der Waals surface area contributed by atoms with E-state index in [4.69, 9.17) is 5.73 Å². The van der Waals surface area contributed by atoms with E-state index in [1.807, 2.05) is 0 Å². The Balaban J connectivity index is 2.16. The van der Waals surface area contributed by atoms with Crippen LogP contribution >= 0.6 is 15.9 Å². The molecule has 106 valence electrons. The quantitative estimate of drug-likeness (QED) is 0.883. The van der Waals surface area contributed by atoms with Crippen molar-refractivity contribution in [1.82, 2.24) is 4.90 Å². The molecule has 0 aromatic heterocycles. The summed E-state index contributed by atoms with van der Waals surface area (Å²) in [4.78, 5) is 2.69. The lowest BCUT2D eigenvalue weighted by Crippen LogP contribution is -2.42. The van der Waals surface area contributed by atoms with Gasteiger partial charge in [-0.05, 0) is 56.5 Å². The Morgan fingerprint density at radius 1 is 1.32 bits per heavy atom. The Hall–Kier alpha value is -0.380. The minimum absolute atomic E-state index is 0.546. The van der Waals surface area contributed by atoms with Gasteiger partial charge in [0.25, 0.3) is 0 Å². The summed E-state index contributed by atoms with van der Waals surface area (Å²) in [7, 11) is 0. The van der Waals surface area contributed by atoms with Crippen molar-refractivity contribution < 1.29 is 0 Å². The van der Waals surface area contributed by atoms with E-state index >= 15 is 0 Å². The summed E-state index contributed by atoms with van der Waals surface area (Å²) >= 11 is 3.52. The van der Waals surface area contributed by atoms with Crippen molar-refractivity contribution in [2.24, 2.45) is 5.73 Å². The number of benzene rings is 1. The van der Waals surface area contributed by atoms with Gasteiger partial charge in [0.1, 0.15) is 0 Å². The molecule has 1 aliphatic heterocycles. The van der Waals surface area contributed by atoms with Gasteiger partial charge in [0.2, 0.25) is 0 Å². The van der Waals surface area contributed by atoms with E-state index in [1.165, 1.54) is 37.8 Å². The summed E-state index contributed by atoms with van der Waals surface area (Å²) in [5.74, 6) is 0. The third-order valence-electron chi connectivity index (χ3n) is 4.21. The van der Waals surface area contributed by atoms with Gasteiger partial charge in [0.15, 0.2) is 0 Å². The molecule has 1 aliphatic rings. The molecule has 0 bridgehead atoms. The maximum atomic E-state index is 5.79. The second kappa shape index (κ2) is 7.41. The predicted molar refractivity (Wildman–Crippen MR) is 85.2 cm³/mol. The Bertz CT molecular complexity index is 375. The van der Waals surface area contributed by atoms with Crippen LogP contribution in [0.25, 0.3) is 0 Å². The smallest absolute Gasteiger partial charge is 0.0348 e. The molecule has 0 amide bonds. The van der Waals surface area contributed by atoms with Crippen molar-refractivity contribution in [3.63, 3.8) is 0 Å². The lowest BCUT2D eigenvalue weighted by Gasteiger charge is -2.41. The molecule has 2 atom stereocenters. The van der Waals surface area contributed by atoms with Gasteiger partial charge in [-0.3, -0.25) is 4.90 Å². The van der Waals surface area contributed by atoms with Crippen LogP contribution in [0.15, 0.2) is 28.7 Å². The van der Waals surface area contributed by atoms with Gasteiger partial charge in [-0.2, -0.15) is 0 Å². The fraction of sp³-hybridized carbons (Fsp3) is 0.625. The zero-order chi connectivity index (χ0) is 13.7. The minimum Gasteiger partial charge on any atom is -0.330 e. The number of nitrogens with two attached hydrogens (primary N) is 1. The van der Waals surface area contributed by atoms with Crippen LogP contribution in [0.2, 0.25) is 0 Å². The third-order valence-corrected chi connectivity index (χ3v) is 4.74. The highest BCUT2D eigenvalue weighted by Gasteiger charge is 2.28. The Morgan fingerprint density at radius 2 is 2.05 bits per heavy atom. The number of likely N-dealkylation sites (tertiary alicyclic amines) is 1. The first-order valence-electron chi connectivity index (χ1n) is 7.47. The Kier molecular flexibility index (Phi) is 5.86. The summed E-state index contributed by atoms with van der Waals surface area (Å²) < 4.78 is 1.16. The first kappa shape index (κ1) is 15.0. The number of piperidine rings is 1. The van der Waals surface area contributed by atoms with E-state index in [9.17, 15) is 0 Å². The molecule has 1 aromatic carbocycles. The lowest BCUT2D eigenvalue weighted by molar-refractivity contribution is 0.0871. The number of nitrogens with zero attached hydrogens (tertiary/aromatic N) is 1. The molecule has 2 unspecified atom stereocenters. The first-order chi connectivity index (χ1) is 9.26. The molecule has 1 aromatic rings. The second-order valence-corrected chi connectivity index (χ2v) is 6.36. The average Bonchev–Trinajstić information content (AvgIpc) is 2.44. The van der Waals surface area contributed by atoms with Gasteiger partial charge in [-0.15, -0.1) is 0 Å². The van der Waals surface area contributed by atoms with Gasteiger partial charge in [0.05, 0.1) is 0 Å². The fourth-order valence-electron chi connectivity index (χ4n) is 3.28. The summed E-state index contributed by atoms with van der Waals surface area (Å²) in [5, 5.41) is 0. The molecule has 3 heteroatoms. The maximum absolute atomic E-state index is 5.79. The monoisotopic (exact) mass is 324 g/mol. The topological polar surface area (TPSA) is 29.3 Å². The zero-order valence-electron chi connectivity index (χ0n) is 11.8. The van der Waals surface area contributed by atoms with Crippen LogP contribution in [-0.4, -0.2) is 24.0 Å². The summed E-state index contributed by atoms with van der Waals surface area (Å²) in [6.45, 7) is 4.32.